The number of guanidine groups is 1. The molecule has 194 valence electrons. The molecule has 3 aromatic rings. The van der Waals surface area contributed by atoms with Gasteiger partial charge in [-0.3, -0.25) is 9.59 Å². The maximum atomic E-state index is 13.9. The Labute approximate surface area is 215 Å². The van der Waals surface area contributed by atoms with Crippen LogP contribution >= 0.6 is 0 Å². The Morgan fingerprint density at radius 1 is 1.08 bits per heavy atom. The fourth-order valence-corrected chi connectivity index (χ4v) is 4.71. The molecule has 0 fully saturated rings. The molecule has 3 aromatic carbocycles. The van der Waals surface area contributed by atoms with E-state index in [9.17, 15) is 27.2 Å². The van der Waals surface area contributed by atoms with Gasteiger partial charge in [-0.1, -0.05) is 18.2 Å². The van der Waals surface area contributed by atoms with Crippen LogP contribution in [0.5, 0.6) is 0 Å². The number of nitrogens with zero attached hydrogens (tertiary/aromatic N) is 2. The normalized spacial score (nSPS) is 16.1. The van der Waals surface area contributed by atoms with Crippen molar-refractivity contribution in [2.75, 3.05) is 16.8 Å². The molecular weight excluding hydrogens is 500 g/mol. The number of rotatable bonds is 3. The van der Waals surface area contributed by atoms with Crippen molar-refractivity contribution in [3.8, 4) is 11.1 Å². The van der Waals surface area contributed by atoms with E-state index < -0.39 is 34.4 Å². The zero-order chi connectivity index (χ0) is 27.2. The Hall–Kier alpha value is -4.47. The fraction of sp³-hybridized carbons (Fsp3) is 0.179. The lowest BCUT2D eigenvalue weighted by Gasteiger charge is -2.23. The van der Waals surface area contributed by atoms with Gasteiger partial charge in [-0.25, -0.2) is 14.3 Å². The van der Waals surface area contributed by atoms with Crippen LogP contribution in [0.25, 0.3) is 11.1 Å². The molecule has 6 nitrogen and oxygen atoms in total. The van der Waals surface area contributed by atoms with Crippen molar-refractivity contribution in [3.63, 3.8) is 0 Å². The number of benzene rings is 3. The molecule has 5 rings (SSSR count). The van der Waals surface area contributed by atoms with Crippen LogP contribution in [-0.4, -0.2) is 24.3 Å². The lowest BCUT2D eigenvalue weighted by molar-refractivity contribution is -0.137. The molecule has 2 heterocycles. The average Bonchev–Trinajstić information content (AvgIpc) is 3.10. The highest BCUT2D eigenvalue weighted by atomic mass is 19.4. The first-order valence-corrected chi connectivity index (χ1v) is 11.7. The quantitative estimate of drug-likeness (QED) is 0.423. The van der Waals surface area contributed by atoms with Gasteiger partial charge in [0.15, 0.2) is 0 Å². The largest absolute Gasteiger partial charge is 0.417 e. The van der Waals surface area contributed by atoms with Gasteiger partial charge < -0.3 is 10.6 Å². The molecule has 2 amide bonds. The number of nitrogens with one attached hydrogen (secondary N) is 2. The highest BCUT2D eigenvalue weighted by molar-refractivity contribution is 6.24. The van der Waals surface area contributed by atoms with Crippen LogP contribution in [0.1, 0.15) is 35.3 Å². The average molecular weight is 523 g/mol. The molecule has 2 aliphatic rings. The van der Waals surface area contributed by atoms with Crippen molar-refractivity contribution in [1.82, 2.24) is 5.32 Å². The fourth-order valence-electron chi connectivity index (χ4n) is 4.71. The highest BCUT2D eigenvalue weighted by Crippen LogP contribution is 2.47. The van der Waals surface area contributed by atoms with Crippen LogP contribution in [-0.2, 0) is 16.4 Å². The molecule has 2 aliphatic heterocycles. The summed E-state index contributed by atoms with van der Waals surface area (Å²) >= 11 is 0. The van der Waals surface area contributed by atoms with Crippen molar-refractivity contribution in [2.24, 2.45) is 4.99 Å². The first kappa shape index (κ1) is 25.2. The molecule has 0 bridgehead atoms. The highest BCUT2D eigenvalue weighted by Gasteiger charge is 2.47. The summed E-state index contributed by atoms with van der Waals surface area (Å²) in [6.45, 7) is 3.87. The Kier molecular flexibility index (Phi) is 6.05. The first-order chi connectivity index (χ1) is 18.0. The summed E-state index contributed by atoms with van der Waals surface area (Å²) in [6, 6.07) is 13.2. The van der Waals surface area contributed by atoms with Gasteiger partial charge in [-0.05, 0) is 79.1 Å². The van der Waals surface area contributed by atoms with E-state index in [-0.39, 0.29) is 11.6 Å². The summed E-state index contributed by atoms with van der Waals surface area (Å²) < 4.78 is 54.9. The van der Waals surface area contributed by atoms with Gasteiger partial charge in [0, 0.05) is 11.9 Å². The molecule has 0 saturated carbocycles. The molecule has 0 aromatic heterocycles. The minimum Gasteiger partial charge on any atom is -0.332 e. The summed E-state index contributed by atoms with van der Waals surface area (Å²) in [4.78, 5) is 32.4. The molecule has 10 heteroatoms. The van der Waals surface area contributed by atoms with Crippen LogP contribution in [0.2, 0.25) is 0 Å². The van der Waals surface area contributed by atoms with Crippen molar-refractivity contribution in [3.05, 3.63) is 95.4 Å². The molecule has 0 atom stereocenters. The monoisotopic (exact) mass is 522 g/mol. The van der Waals surface area contributed by atoms with E-state index in [4.69, 9.17) is 0 Å². The molecule has 0 spiro atoms. The van der Waals surface area contributed by atoms with Crippen LogP contribution in [0.4, 0.5) is 28.9 Å². The Balaban J connectivity index is 1.62. The number of anilines is 2. The molecule has 38 heavy (non-hydrogen) atoms. The number of carbonyl (C=O) groups is 2. The van der Waals surface area contributed by atoms with Gasteiger partial charge in [0.1, 0.15) is 5.82 Å². The van der Waals surface area contributed by atoms with Crippen molar-refractivity contribution in [2.45, 2.75) is 25.4 Å². The summed E-state index contributed by atoms with van der Waals surface area (Å²) in [5, 5.41) is 5.38. The lowest BCUT2D eigenvalue weighted by atomic mass is 9.81. The van der Waals surface area contributed by atoms with E-state index in [1.165, 1.54) is 29.2 Å². The number of fused-ring (bicyclic) bond motifs is 1. The van der Waals surface area contributed by atoms with Crippen LogP contribution in [0.3, 0.4) is 0 Å². The molecule has 0 radical (unpaired) electrons. The zero-order valence-corrected chi connectivity index (χ0v) is 20.4. The van der Waals surface area contributed by atoms with Gasteiger partial charge in [-0.15, -0.1) is 0 Å². The smallest absolute Gasteiger partial charge is 0.332 e. The van der Waals surface area contributed by atoms with Gasteiger partial charge in [-0.2, -0.15) is 13.2 Å². The zero-order valence-electron chi connectivity index (χ0n) is 20.4. The number of amides is 2. The van der Waals surface area contributed by atoms with Crippen molar-refractivity contribution < 1.29 is 27.2 Å². The lowest BCUT2D eigenvalue weighted by Crippen LogP contribution is -2.46. The predicted molar refractivity (Wildman–Crippen MR) is 136 cm³/mol. The third kappa shape index (κ3) is 4.31. The number of halogens is 4. The van der Waals surface area contributed by atoms with Gasteiger partial charge in [0.25, 0.3) is 5.91 Å². The SMILES string of the molecule is CC1(C)C(=O)N(C2=NCC=CN2)c2cccc(-c3ccc(C(F)(F)F)c(C(=O)Nc4ccc(F)cc4)c3)c21. The molecule has 0 unspecified atom stereocenters. The predicted octanol–water partition coefficient (Wildman–Crippen LogP) is 5.86. The standard InChI is InChI=1S/C28H22F4N4O2/c1-27(2)23-19(5-3-6-22(23)36(25(27)38)26-33-13-4-14-34-26)16-7-12-21(28(30,31)32)20(15-16)24(37)35-18-10-8-17(29)9-11-18/h3-13,15H,14H2,1-2H3,(H,33,34)(H,35,37). The van der Waals surface area contributed by atoms with Crippen LogP contribution < -0.4 is 15.5 Å². The van der Waals surface area contributed by atoms with E-state index in [1.54, 1.807) is 44.3 Å². The molecule has 0 aliphatic carbocycles. The summed E-state index contributed by atoms with van der Waals surface area (Å²) in [5.41, 5.74) is -0.591. The van der Waals surface area contributed by atoms with Crippen molar-refractivity contribution >= 4 is 29.1 Å². The van der Waals surface area contributed by atoms with Gasteiger partial charge >= 0.3 is 6.18 Å². The number of hydrogen-bond acceptors (Lipinski definition) is 4. The molecule has 0 saturated heterocycles. The number of hydrogen-bond donors (Lipinski definition) is 2. The summed E-state index contributed by atoms with van der Waals surface area (Å²) in [6.07, 6.45) is -1.31. The van der Waals surface area contributed by atoms with Crippen molar-refractivity contribution in [1.29, 1.82) is 0 Å². The third-order valence-corrected chi connectivity index (χ3v) is 6.52. The summed E-state index contributed by atoms with van der Waals surface area (Å²) in [5.74, 6) is -1.44. The second-order valence-electron chi connectivity index (χ2n) is 9.40. The minimum absolute atomic E-state index is 0.146. The number of aliphatic imine (C=N–C) groups is 1. The van der Waals surface area contributed by atoms with Crippen LogP contribution in [0.15, 0.2) is 77.9 Å². The maximum Gasteiger partial charge on any atom is 0.417 e. The topological polar surface area (TPSA) is 73.8 Å². The van der Waals surface area contributed by atoms with E-state index in [0.717, 1.165) is 18.2 Å². The molecule has 2 N–H and O–H groups in total. The second-order valence-corrected chi connectivity index (χ2v) is 9.40. The van der Waals surface area contributed by atoms with E-state index in [0.29, 0.717) is 34.9 Å². The molecular formula is C28H22F4N4O2. The van der Waals surface area contributed by atoms with E-state index in [1.807, 2.05) is 0 Å². The first-order valence-electron chi connectivity index (χ1n) is 11.7. The number of alkyl halides is 3. The second kappa shape index (κ2) is 9.13. The Bertz CT molecular complexity index is 1510. The number of carbonyl (C=O) groups excluding carboxylic acids is 2. The summed E-state index contributed by atoms with van der Waals surface area (Å²) in [7, 11) is 0. The van der Waals surface area contributed by atoms with E-state index >= 15 is 0 Å². The Morgan fingerprint density at radius 2 is 1.82 bits per heavy atom. The van der Waals surface area contributed by atoms with E-state index in [2.05, 4.69) is 15.6 Å². The minimum atomic E-state index is -4.79. The Morgan fingerprint density at radius 3 is 2.47 bits per heavy atom. The maximum absolute atomic E-state index is 13.9. The van der Waals surface area contributed by atoms with Gasteiger partial charge in [0.05, 0.1) is 28.8 Å². The third-order valence-electron chi connectivity index (χ3n) is 6.52. The van der Waals surface area contributed by atoms with Crippen LogP contribution in [0, 0.1) is 5.82 Å². The van der Waals surface area contributed by atoms with Gasteiger partial charge in [0.2, 0.25) is 11.9 Å².